The van der Waals surface area contributed by atoms with Gasteiger partial charge in [-0.1, -0.05) is 15.9 Å². The molecule has 2 aromatic heterocycles. The fourth-order valence-electron chi connectivity index (χ4n) is 2.49. The zero-order chi connectivity index (χ0) is 15.2. The first-order valence-electron chi connectivity index (χ1n) is 6.70. The second-order valence-corrected chi connectivity index (χ2v) is 6.88. The Balaban J connectivity index is 2.37. The quantitative estimate of drug-likeness (QED) is 0.714. The van der Waals surface area contributed by atoms with E-state index in [-0.39, 0.29) is 11.3 Å². The van der Waals surface area contributed by atoms with Gasteiger partial charge in [-0.3, -0.25) is 4.98 Å². The Labute approximate surface area is 131 Å². The van der Waals surface area contributed by atoms with Gasteiger partial charge in [-0.2, -0.15) is 0 Å². The number of nitrogens with zero attached hydrogens (tertiary/aromatic N) is 3. The number of hydrogen-bond donors (Lipinski definition) is 1. The smallest absolute Gasteiger partial charge is 0.145 e. The summed E-state index contributed by atoms with van der Waals surface area (Å²) in [5.74, 6) is 0.952. The third kappa shape index (κ3) is 2.42. The van der Waals surface area contributed by atoms with Crippen LogP contribution in [-0.4, -0.2) is 19.6 Å². The predicted molar refractivity (Wildman–Crippen MR) is 87.3 cm³/mol. The summed E-state index contributed by atoms with van der Waals surface area (Å²) in [4.78, 5) is 8.80. The van der Waals surface area contributed by atoms with Gasteiger partial charge in [-0.15, -0.1) is 0 Å². The molecule has 0 saturated carbocycles. The van der Waals surface area contributed by atoms with Crippen molar-refractivity contribution >= 4 is 27.0 Å². The summed E-state index contributed by atoms with van der Waals surface area (Å²) in [7, 11) is 0. The van der Waals surface area contributed by atoms with Gasteiger partial charge in [0.15, 0.2) is 0 Å². The van der Waals surface area contributed by atoms with Gasteiger partial charge in [0, 0.05) is 16.2 Å². The molecule has 21 heavy (non-hydrogen) atoms. The summed E-state index contributed by atoms with van der Waals surface area (Å²) in [5, 5.41) is 10.3. The van der Waals surface area contributed by atoms with E-state index in [1.165, 1.54) is 0 Å². The summed E-state index contributed by atoms with van der Waals surface area (Å²) in [6, 6.07) is 7.41. The molecule has 0 bridgehead atoms. The monoisotopic (exact) mass is 345 g/mol. The lowest BCUT2D eigenvalue weighted by atomic mass is 10.1. The maximum absolute atomic E-state index is 10.3. The number of aromatic hydroxyl groups is 1. The second kappa shape index (κ2) is 4.84. The molecule has 4 nitrogen and oxygen atoms in total. The fraction of sp³-hybridized carbons (Fsp3) is 0.250. The number of rotatable bonds is 1. The molecule has 0 spiro atoms. The largest absolute Gasteiger partial charge is 0.507 e. The van der Waals surface area contributed by atoms with Crippen LogP contribution in [0.4, 0.5) is 0 Å². The molecule has 0 fully saturated rings. The van der Waals surface area contributed by atoms with Crippen LogP contribution in [0.3, 0.4) is 0 Å². The number of benzene rings is 1. The number of hydrogen-bond acceptors (Lipinski definition) is 3. The van der Waals surface area contributed by atoms with Crippen molar-refractivity contribution in [3.05, 3.63) is 41.1 Å². The lowest BCUT2D eigenvalue weighted by Gasteiger charge is -2.25. The minimum Gasteiger partial charge on any atom is -0.507 e. The number of phenolic OH excluding ortho intramolecular Hbond substituents is 1. The Morgan fingerprint density at radius 3 is 2.62 bits per heavy atom. The van der Waals surface area contributed by atoms with E-state index in [2.05, 4.69) is 51.2 Å². The van der Waals surface area contributed by atoms with Crippen LogP contribution in [-0.2, 0) is 5.54 Å². The summed E-state index contributed by atoms with van der Waals surface area (Å²) in [5.41, 5.74) is 2.38. The number of phenols is 1. The molecule has 0 radical (unpaired) electrons. The van der Waals surface area contributed by atoms with E-state index in [0.717, 1.165) is 21.3 Å². The highest BCUT2D eigenvalue weighted by Gasteiger charge is 2.23. The minimum absolute atomic E-state index is 0.162. The molecular weight excluding hydrogens is 330 g/mol. The standard InChI is InChI=1S/C16H16BrN3O/c1-16(2,3)20-13-6-7-18-9-12(13)19-15(20)11-5-4-10(17)8-14(11)21/h4-9,21H,1-3H3. The maximum Gasteiger partial charge on any atom is 0.145 e. The Morgan fingerprint density at radius 1 is 1.19 bits per heavy atom. The molecular formula is C16H16BrN3O. The van der Waals surface area contributed by atoms with Crippen molar-refractivity contribution in [3.8, 4) is 17.1 Å². The van der Waals surface area contributed by atoms with Gasteiger partial charge in [0.05, 0.1) is 17.3 Å². The molecule has 0 atom stereocenters. The van der Waals surface area contributed by atoms with Crippen LogP contribution in [0.15, 0.2) is 41.1 Å². The molecule has 0 amide bonds. The Morgan fingerprint density at radius 2 is 1.95 bits per heavy atom. The van der Waals surface area contributed by atoms with Crippen molar-refractivity contribution < 1.29 is 5.11 Å². The average Bonchev–Trinajstić information content (AvgIpc) is 2.77. The Bertz CT molecular complexity index is 818. The maximum atomic E-state index is 10.3. The lowest BCUT2D eigenvalue weighted by molar-refractivity contribution is 0.411. The highest BCUT2D eigenvalue weighted by Crippen LogP contribution is 2.36. The van der Waals surface area contributed by atoms with Crippen LogP contribution >= 0.6 is 15.9 Å². The zero-order valence-electron chi connectivity index (χ0n) is 12.1. The van der Waals surface area contributed by atoms with Gasteiger partial charge in [0.25, 0.3) is 0 Å². The molecule has 2 heterocycles. The number of aromatic nitrogens is 3. The third-order valence-corrected chi connectivity index (χ3v) is 3.82. The van der Waals surface area contributed by atoms with Crippen molar-refractivity contribution in [1.82, 2.24) is 14.5 Å². The molecule has 0 saturated heterocycles. The summed E-state index contributed by atoms with van der Waals surface area (Å²) in [6.07, 6.45) is 3.51. The van der Waals surface area contributed by atoms with Crippen LogP contribution in [0.5, 0.6) is 5.75 Å². The topological polar surface area (TPSA) is 50.9 Å². The molecule has 3 aromatic rings. The second-order valence-electron chi connectivity index (χ2n) is 5.97. The first-order valence-corrected chi connectivity index (χ1v) is 7.49. The van der Waals surface area contributed by atoms with E-state index in [1.54, 1.807) is 18.5 Å². The first-order chi connectivity index (χ1) is 9.88. The minimum atomic E-state index is -0.162. The molecule has 108 valence electrons. The molecule has 0 unspecified atom stereocenters. The SMILES string of the molecule is CC(C)(C)n1c(-c2ccc(Br)cc2O)nc2cnccc21. The zero-order valence-corrected chi connectivity index (χ0v) is 13.7. The molecule has 1 N–H and O–H groups in total. The summed E-state index contributed by atoms with van der Waals surface area (Å²) >= 11 is 3.36. The van der Waals surface area contributed by atoms with Crippen molar-refractivity contribution in [2.45, 2.75) is 26.3 Å². The summed E-state index contributed by atoms with van der Waals surface area (Å²) < 4.78 is 2.97. The van der Waals surface area contributed by atoms with Gasteiger partial charge in [0.1, 0.15) is 17.1 Å². The van der Waals surface area contributed by atoms with Crippen LogP contribution < -0.4 is 0 Å². The Kier molecular flexibility index (Phi) is 3.24. The van der Waals surface area contributed by atoms with Gasteiger partial charge >= 0.3 is 0 Å². The van der Waals surface area contributed by atoms with Crippen molar-refractivity contribution in [2.24, 2.45) is 0 Å². The van der Waals surface area contributed by atoms with Gasteiger partial charge in [0.2, 0.25) is 0 Å². The number of halogens is 1. The van der Waals surface area contributed by atoms with E-state index in [0.29, 0.717) is 5.56 Å². The van der Waals surface area contributed by atoms with E-state index in [4.69, 9.17) is 0 Å². The normalized spacial score (nSPS) is 12.0. The third-order valence-electron chi connectivity index (χ3n) is 3.33. The number of pyridine rings is 1. The highest BCUT2D eigenvalue weighted by molar-refractivity contribution is 9.10. The predicted octanol–water partition coefficient (Wildman–Crippen LogP) is 4.32. The lowest BCUT2D eigenvalue weighted by Crippen LogP contribution is -2.22. The molecule has 3 rings (SSSR count). The Hall–Kier alpha value is -1.88. The van der Waals surface area contributed by atoms with Crippen molar-refractivity contribution in [2.75, 3.05) is 0 Å². The van der Waals surface area contributed by atoms with Crippen molar-refractivity contribution in [1.29, 1.82) is 0 Å². The molecule has 0 aliphatic rings. The number of imidazole rings is 1. The van der Waals surface area contributed by atoms with E-state index >= 15 is 0 Å². The molecule has 0 aliphatic heterocycles. The molecule has 5 heteroatoms. The van der Waals surface area contributed by atoms with Crippen LogP contribution in [0, 0.1) is 0 Å². The van der Waals surface area contributed by atoms with E-state index in [9.17, 15) is 5.11 Å². The fourth-order valence-corrected chi connectivity index (χ4v) is 2.83. The van der Waals surface area contributed by atoms with Gasteiger partial charge in [-0.05, 0) is 45.0 Å². The highest BCUT2D eigenvalue weighted by atomic mass is 79.9. The van der Waals surface area contributed by atoms with Crippen molar-refractivity contribution in [3.63, 3.8) is 0 Å². The first kappa shape index (κ1) is 14.1. The van der Waals surface area contributed by atoms with Crippen LogP contribution in [0.1, 0.15) is 20.8 Å². The number of fused-ring (bicyclic) bond motifs is 1. The molecule has 1 aromatic carbocycles. The van der Waals surface area contributed by atoms with Crippen LogP contribution in [0.25, 0.3) is 22.4 Å². The van der Waals surface area contributed by atoms with E-state index < -0.39 is 0 Å². The van der Waals surface area contributed by atoms with Gasteiger partial charge < -0.3 is 9.67 Å². The van der Waals surface area contributed by atoms with Gasteiger partial charge in [-0.25, -0.2) is 4.98 Å². The molecule has 0 aliphatic carbocycles. The van der Waals surface area contributed by atoms with E-state index in [1.807, 2.05) is 18.2 Å². The average molecular weight is 346 g/mol. The summed E-state index contributed by atoms with van der Waals surface area (Å²) in [6.45, 7) is 6.36. The van der Waals surface area contributed by atoms with Crippen LogP contribution in [0.2, 0.25) is 0 Å².